The van der Waals surface area contributed by atoms with Crippen LogP contribution < -0.4 is 20.5 Å². The molecule has 0 unspecified atom stereocenters. The van der Waals surface area contributed by atoms with Gasteiger partial charge in [0.15, 0.2) is 11.5 Å². The van der Waals surface area contributed by atoms with Crippen LogP contribution in [0.1, 0.15) is 72.3 Å². The van der Waals surface area contributed by atoms with E-state index in [4.69, 9.17) is 19.9 Å². The molecule has 0 aliphatic heterocycles. The highest BCUT2D eigenvalue weighted by molar-refractivity contribution is 5.79. The van der Waals surface area contributed by atoms with E-state index in [-0.39, 0.29) is 35.7 Å². The number of methoxy groups -OCH3 is 2. The number of aliphatic hydroxyl groups excluding tert-OH is 2. The molecule has 4 atom stereocenters. The number of amides is 1. The molecular weight excluding hydrogens is 496 g/mol. The van der Waals surface area contributed by atoms with Gasteiger partial charge >= 0.3 is 0 Å². The smallest absolute Gasteiger partial charge is 0.223 e. The predicted octanol–water partition coefficient (Wildman–Crippen LogP) is 3.94. The third-order valence-electron chi connectivity index (χ3n) is 8.43. The molecule has 224 valence electrons. The molecule has 1 saturated carbocycles. The molecule has 0 aromatic heterocycles. The number of nitrogens with one attached hydrogen (secondary N) is 1. The maximum atomic E-state index is 13.0. The van der Waals surface area contributed by atoms with Gasteiger partial charge in [0, 0.05) is 43.6 Å². The third kappa shape index (κ3) is 10.2. The predicted molar refractivity (Wildman–Crippen MR) is 155 cm³/mol. The minimum absolute atomic E-state index is 0.0576. The van der Waals surface area contributed by atoms with E-state index in [1.54, 1.807) is 14.2 Å². The number of nitrogens with two attached hydrogens (primary N) is 1. The van der Waals surface area contributed by atoms with Crippen molar-refractivity contribution in [2.75, 3.05) is 40.6 Å². The topological polar surface area (TPSA) is 123 Å². The lowest BCUT2D eigenvalue weighted by atomic mass is 9.74. The minimum atomic E-state index is -0.864. The number of hydrogen-bond acceptors (Lipinski definition) is 7. The first kappa shape index (κ1) is 33.3. The Morgan fingerprint density at radius 1 is 1.13 bits per heavy atom. The average molecular weight is 551 g/mol. The van der Waals surface area contributed by atoms with Crippen molar-refractivity contribution in [2.24, 2.45) is 34.8 Å². The van der Waals surface area contributed by atoms with Gasteiger partial charge < -0.3 is 35.5 Å². The van der Waals surface area contributed by atoms with E-state index in [0.717, 1.165) is 31.2 Å². The molecule has 0 saturated heterocycles. The Balaban J connectivity index is 2.06. The summed E-state index contributed by atoms with van der Waals surface area (Å²) in [6.45, 7) is 12.0. The Bertz CT molecular complexity index is 884. The van der Waals surface area contributed by atoms with E-state index in [2.05, 4.69) is 25.2 Å². The van der Waals surface area contributed by atoms with Crippen LogP contribution in [0.15, 0.2) is 18.2 Å². The second-order valence-corrected chi connectivity index (χ2v) is 12.6. The first-order valence-electron chi connectivity index (χ1n) is 14.5. The van der Waals surface area contributed by atoms with Gasteiger partial charge in [-0.05, 0) is 74.5 Å². The Morgan fingerprint density at radius 3 is 2.36 bits per heavy atom. The largest absolute Gasteiger partial charge is 0.493 e. The quantitative estimate of drug-likeness (QED) is 0.192. The molecule has 1 aromatic carbocycles. The number of rotatable bonds is 19. The lowest BCUT2D eigenvalue weighted by Gasteiger charge is -2.37. The SMILES string of the molecule is COCCCOc1cc(C[C@@H](C[C@@](C)(N)[C@@H](O)C[C@H](C(=O)NCC2(CO)CC2)C(C)C)C(C)C)ccc1OC. The number of aliphatic hydroxyl groups is 2. The van der Waals surface area contributed by atoms with Crippen LogP contribution >= 0.6 is 0 Å². The number of hydrogen-bond donors (Lipinski definition) is 4. The summed E-state index contributed by atoms with van der Waals surface area (Å²) in [5, 5.41) is 23.9. The fourth-order valence-corrected chi connectivity index (χ4v) is 5.06. The van der Waals surface area contributed by atoms with Crippen LogP contribution in [0.5, 0.6) is 11.5 Å². The van der Waals surface area contributed by atoms with E-state index < -0.39 is 11.6 Å². The van der Waals surface area contributed by atoms with Gasteiger partial charge in [-0.2, -0.15) is 0 Å². The van der Waals surface area contributed by atoms with Crippen molar-refractivity contribution < 1.29 is 29.2 Å². The lowest BCUT2D eigenvalue weighted by Crippen LogP contribution is -2.52. The molecule has 0 heterocycles. The molecule has 1 aromatic rings. The summed E-state index contributed by atoms with van der Waals surface area (Å²) in [7, 11) is 3.31. The summed E-state index contributed by atoms with van der Waals surface area (Å²) < 4.78 is 16.6. The van der Waals surface area contributed by atoms with Gasteiger partial charge in [-0.15, -0.1) is 0 Å². The summed E-state index contributed by atoms with van der Waals surface area (Å²) in [4.78, 5) is 13.0. The van der Waals surface area contributed by atoms with Crippen LogP contribution in [-0.2, 0) is 16.0 Å². The molecule has 5 N–H and O–H groups in total. The van der Waals surface area contributed by atoms with Gasteiger partial charge in [0.2, 0.25) is 5.91 Å². The fraction of sp³-hybridized carbons (Fsp3) is 0.774. The molecule has 1 fully saturated rings. The van der Waals surface area contributed by atoms with Gasteiger partial charge in [0.05, 0.1) is 26.4 Å². The van der Waals surface area contributed by atoms with Crippen molar-refractivity contribution in [3.05, 3.63) is 23.8 Å². The second kappa shape index (κ2) is 15.2. The average Bonchev–Trinajstić information content (AvgIpc) is 3.68. The standard InChI is InChI=1S/C31H54N2O6/c1-21(2)24(15-23-9-10-26(38-7)27(16-23)39-14-8-13-37-6)18-30(5,32)28(35)17-25(22(3)4)29(36)33-19-31(20-34)11-12-31/h9-10,16,21-22,24-25,28,34-35H,8,11-15,17-20,32H2,1-7H3,(H,33,36)/t24-,25-,28-,30+/m0/s1. The van der Waals surface area contributed by atoms with E-state index in [0.29, 0.717) is 50.0 Å². The van der Waals surface area contributed by atoms with Crippen LogP contribution in [0.4, 0.5) is 0 Å². The van der Waals surface area contributed by atoms with Gasteiger partial charge in [0.25, 0.3) is 0 Å². The lowest BCUT2D eigenvalue weighted by molar-refractivity contribution is -0.128. The van der Waals surface area contributed by atoms with Crippen LogP contribution in [0, 0.1) is 29.1 Å². The Morgan fingerprint density at radius 2 is 1.82 bits per heavy atom. The van der Waals surface area contributed by atoms with Crippen molar-refractivity contribution >= 4 is 5.91 Å². The zero-order valence-corrected chi connectivity index (χ0v) is 25.3. The Labute approximate surface area is 236 Å². The van der Waals surface area contributed by atoms with Crippen molar-refractivity contribution in [2.45, 2.75) is 84.8 Å². The minimum Gasteiger partial charge on any atom is -0.493 e. The van der Waals surface area contributed by atoms with E-state index >= 15 is 0 Å². The molecule has 0 radical (unpaired) electrons. The molecule has 8 nitrogen and oxygen atoms in total. The normalized spacial score (nSPS) is 18.4. The maximum Gasteiger partial charge on any atom is 0.223 e. The Kier molecular flexibility index (Phi) is 13.0. The zero-order valence-electron chi connectivity index (χ0n) is 25.3. The van der Waals surface area contributed by atoms with Gasteiger partial charge in [-0.3, -0.25) is 4.79 Å². The van der Waals surface area contributed by atoms with Crippen molar-refractivity contribution in [1.29, 1.82) is 0 Å². The van der Waals surface area contributed by atoms with E-state index in [9.17, 15) is 15.0 Å². The molecule has 1 aliphatic rings. The molecule has 0 bridgehead atoms. The van der Waals surface area contributed by atoms with Crippen LogP contribution in [0.25, 0.3) is 0 Å². The van der Waals surface area contributed by atoms with Gasteiger partial charge in [-0.25, -0.2) is 0 Å². The number of carbonyl (C=O) groups excluding carboxylic acids is 1. The summed E-state index contributed by atoms with van der Waals surface area (Å²) >= 11 is 0. The number of carbonyl (C=O) groups is 1. The monoisotopic (exact) mass is 550 g/mol. The number of benzene rings is 1. The highest BCUT2D eigenvalue weighted by Gasteiger charge is 2.43. The maximum absolute atomic E-state index is 13.0. The molecule has 0 spiro atoms. The zero-order chi connectivity index (χ0) is 29.2. The summed E-state index contributed by atoms with van der Waals surface area (Å²) in [5.74, 6) is 1.60. The first-order chi connectivity index (χ1) is 18.4. The summed E-state index contributed by atoms with van der Waals surface area (Å²) in [5.41, 5.74) is 6.88. The second-order valence-electron chi connectivity index (χ2n) is 12.6. The van der Waals surface area contributed by atoms with Crippen LogP contribution in [0.3, 0.4) is 0 Å². The highest BCUT2D eigenvalue weighted by Crippen LogP contribution is 2.44. The van der Waals surface area contributed by atoms with Gasteiger partial charge in [-0.1, -0.05) is 33.8 Å². The molecule has 2 rings (SSSR count). The molecule has 8 heteroatoms. The van der Waals surface area contributed by atoms with E-state index in [1.165, 1.54) is 0 Å². The third-order valence-corrected chi connectivity index (χ3v) is 8.43. The molecule has 1 aliphatic carbocycles. The molecule has 39 heavy (non-hydrogen) atoms. The van der Waals surface area contributed by atoms with Crippen molar-refractivity contribution in [3.63, 3.8) is 0 Å². The molecular formula is C31H54N2O6. The van der Waals surface area contributed by atoms with Crippen molar-refractivity contribution in [3.8, 4) is 11.5 Å². The van der Waals surface area contributed by atoms with Gasteiger partial charge in [0.1, 0.15) is 0 Å². The number of ether oxygens (including phenoxy) is 3. The van der Waals surface area contributed by atoms with Crippen molar-refractivity contribution in [1.82, 2.24) is 5.32 Å². The summed E-state index contributed by atoms with van der Waals surface area (Å²) in [6.07, 6.45) is 3.53. The fourth-order valence-electron chi connectivity index (χ4n) is 5.06. The molecule has 1 amide bonds. The van der Waals surface area contributed by atoms with Crippen LogP contribution in [0.2, 0.25) is 0 Å². The van der Waals surface area contributed by atoms with E-state index in [1.807, 2.05) is 32.9 Å². The highest BCUT2D eigenvalue weighted by atomic mass is 16.5. The summed E-state index contributed by atoms with van der Waals surface area (Å²) in [6, 6.07) is 6.02. The van der Waals surface area contributed by atoms with Crippen LogP contribution in [-0.4, -0.2) is 68.3 Å². The first-order valence-corrected chi connectivity index (χ1v) is 14.5. The Hall–Kier alpha value is -1.87.